The van der Waals surface area contributed by atoms with Crippen LogP contribution in [0.4, 0.5) is 0 Å². The molecule has 0 atom stereocenters. The van der Waals surface area contributed by atoms with E-state index in [1.165, 1.54) is 0 Å². The fourth-order valence-electron chi connectivity index (χ4n) is 7.15. The molecule has 0 N–H and O–H groups in total. The van der Waals surface area contributed by atoms with Gasteiger partial charge in [0.1, 0.15) is 19.2 Å². The zero-order valence-corrected chi connectivity index (χ0v) is 27.9. The summed E-state index contributed by atoms with van der Waals surface area (Å²) in [5.41, 5.74) is 4.56. The molecule has 50 heavy (non-hydrogen) atoms. The van der Waals surface area contributed by atoms with Crippen LogP contribution >= 0.6 is 0 Å². The molecule has 2 aromatic heterocycles. The molecule has 0 aliphatic carbocycles. The van der Waals surface area contributed by atoms with E-state index in [1.807, 2.05) is 104 Å². The van der Waals surface area contributed by atoms with Crippen LogP contribution in [0.3, 0.4) is 0 Å². The highest BCUT2D eigenvalue weighted by Crippen LogP contribution is 2.45. The molecule has 0 unspecified atom stereocenters. The van der Waals surface area contributed by atoms with E-state index in [-0.39, 0.29) is 62.7 Å². The summed E-state index contributed by atoms with van der Waals surface area (Å²) in [5.74, 6) is 0.916. The van der Waals surface area contributed by atoms with Crippen LogP contribution in [0.5, 0.6) is 0 Å². The third kappa shape index (κ3) is 4.33. The van der Waals surface area contributed by atoms with Crippen molar-refractivity contribution in [3.8, 4) is 56.4 Å². The van der Waals surface area contributed by atoms with Gasteiger partial charge < -0.3 is 4.42 Å². The van der Waals surface area contributed by atoms with Crippen LogP contribution in [-0.4, -0.2) is 23.0 Å². The maximum absolute atomic E-state index is 9.39. The van der Waals surface area contributed by atoms with Crippen molar-refractivity contribution in [3.05, 3.63) is 151 Å². The van der Waals surface area contributed by atoms with Gasteiger partial charge in [-0.25, -0.2) is 15.0 Å². The van der Waals surface area contributed by atoms with Crippen LogP contribution in [0.1, 0.15) is 13.7 Å². The Bertz CT molecular complexity index is 3360. The van der Waals surface area contributed by atoms with Gasteiger partial charge in [-0.3, -0.25) is 0 Å². The summed E-state index contributed by atoms with van der Waals surface area (Å²) >= 11 is 0. The van der Waals surface area contributed by atoms with Crippen LogP contribution in [0.25, 0.3) is 89.1 Å². The second-order valence-electron chi connectivity index (χ2n) is 12.9. The van der Waals surface area contributed by atoms with Gasteiger partial charge in [-0.2, -0.15) is 0 Å². The molecule has 1 aliphatic heterocycles. The monoisotopic (exact) mass is 667 g/mol. The Morgan fingerprint density at radius 3 is 1.98 bits per heavy atom. The molecule has 0 saturated carbocycles. The first kappa shape index (κ1) is 20.4. The first-order valence-corrected chi connectivity index (χ1v) is 19.2. The average molecular weight is 668 g/mol. The first-order valence-electron chi connectivity index (χ1n) is 21.2. The molecule has 10 rings (SSSR count). The Labute approximate surface area is 304 Å². The van der Waals surface area contributed by atoms with E-state index in [0.29, 0.717) is 49.8 Å². The Morgan fingerprint density at radius 1 is 0.540 bits per heavy atom. The van der Waals surface area contributed by atoms with Crippen molar-refractivity contribution in [2.75, 3.05) is 0 Å². The molecule has 9 aromatic rings. The number of rotatable bonds is 4. The quantitative estimate of drug-likeness (QED) is 0.175. The Balaban J connectivity index is 1.38. The summed E-state index contributed by atoms with van der Waals surface area (Å²) in [7, 11) is -3.08. The molecular weight excluding hydrogens is 627 g/mol. The average Bonchev–Trinajstić information content (AvgIpc) is 3.78. The molecule has 0 spiro atoms. The van der Waals surface area contributed by atoms with Crippen molar-refractivity contribution in [2.45, 2.75) is 13.1 Å². The number of para-hydroxylation sites is 1. The normalized spacial score (nSPS) is 16.0. The standard InChI is InChI=1S/C45H31N3OSi/c1-50(2)37-25-24-29-16-9-10-21-33(29)40(37)41-38(50)27-35(39-34-22-11-12-23-36(34)49-42(39)41)45-47-43(30-17-7-4-8-18-30)46-44(48-45)32-20-13-19-31(26-32)28-14-5-3-6-15-28/h3-27H,1-2H3/i9D,10D,11D,12D,16D,21D,22D,23D,24D,25D. The van der Waals surface area contributed by atoms with Crippen LogP contribution in [0.2, 0.25) is 13.1 Å². The van der Waals surface area contributed by atoms with Gasteiger partial charge in [0.05, 0.1) is 13.7 Å². The van der Waals surface area contributed by atoms with E-state index in [2.05, 4.69) is 0 Å². The van der Waals surface area contributed by atoms with E-state index in [4.69, 9.17) is 30.3 Å². The summed E-state index contributed by atoms with van der Waals surface area (Å²) in [6.45, 7) is 4.01. The highest BCUT2D eigenvalue weighted by molar-refractivity contribution is 7.04. The molecule has 0 amide bonds. The Kier molecular flexibility index (Phi) is 4.45. The lowest BCUT2D eigenvalue weighted by Gasteiger charge is -2.20. The van der Waals surface area contributed by atoms with Crippen molar-refractivity contribution in [1.29, 1.82) is 0 Å². The Morgan fingerprint density at radius 2 is 1.18 bits per heavy atom. The molecule has 0 saturated heterocycles. The second-order valence-corrected chi connectivity index (χ2v) is 17.1. The third-order valence-corrected chi connectivity index (χ3v) is 12.9. The maximum Gasteiger partial charge on any atom is 0.164 e. The van der Waals surface area contributed by atoms with Crippen molar-refractivity contribution < 1.29 is 18.1 Å². The second kappa shape index (κ2) is 10.9. The Hall–Kier alpha value is -6.17. The number of nitrogens with zero attached hydrogens (tertiary/aromatic N) is 3. The number of hydrogen-bond donors (Lipinski definition) is 0. The van der Waals surface area contributed by atoms with Crippen LogP contribution in [0, 0.1) is 0 Å². The van der Waals surface area contributed by atoms with Gasteiger partial charge in [-0.05, 0) is 56.0 Å². The van der Waals surface area contributed by atoms with E-state index >= 15 is 0 Å². The van der Waals surface area contributed by atoms with Gasteiger partial charge in [-0.15, -0.1) is 0 Å². The van der Waals surface area contributed by atoms with Gasteiger partial charge in [-0.1, -0.05) is 146 Å². The highest BCUT2D eigenvalue weighted by Gasteiger charge is 2.41. The van der Waals surface area contributed by atoms with E-state index < -0.39 is 44.3 Å². The number of aromatic nitrogens is 3. The van der Waals surface area contributed by atoms with Crippen LogP contribution < -0.4 is 10.4 Å². The van der Waals surface area contributed by atoms with E-state index in [1.54, 1.807) is 0 Å². The number of fused-ring (bicyclic) bond motifs is 9. The lowest BCUT2D eigenvalue weighted by atomic mass is 9.94. The maximum atomic E-state index is 9.39. The number of furan rings is 1. The fraction of sp³-hybridized carbons (Fsp3) is 0.0444. The first-order chi connectivity index (χ1) is 28.7. The van der Waals surface area contributed by atoms with E-state index in [0.717, 1.165) is 11.1 Å². The molecule has 0 bridgehead atoms. The highest BCUT2D eigenvalue weighted by atomic mass is 28.3. The molecule has 5 heteroatoms. The van der Waals surface area contributed by atoms with Gasteiger partial charge >= 0.3 is 0 Å². The minimum Gasteiger partial charge on any atom is -0.455 e. The topological polar surface area (TPSA) is 51.8 Å². The smallest absolute Gasteiger partial charge is 0.164 e. The molecule has 7 aromatic carbocycles. The third-order valence-electron chi connectivity index (χ3n) is 9.57. The summed E-state index contributed by atoms with van der Waals surface area (Å²) in [4.78, 5) is 15.1. The number of benzene rings is 7. The zero-order valence-electron chi connectivity index (χ0n) is 36.9. The molecule has 0 radical (unpaired) electrons. The minimum atomic E-state index is -3.08. The van der Waals surface area contributed by atoms with Gasteiger partial charge in [0.2, 0.25) is 0 Å². The van der Waals surface area contributed by atoms with E-state index in [9.17, 15) is 2.74 Å². The zero-order chi connectivity index (χ0) is 42.1. The molecule has 3 heterocycles. The minimum absolute atomic E-state index is 0.0810. The molecule has 4 nitrogen and oxygen atoms in total. The molecule has 1 aliphatic rings. The summed E-state index contributed by atoms with van der Waals surface area (Å²) < 4.78 is 95.7. The van der Waals surface area contributed by atoms with Crippen molar-refractivity contribution >= 4 is 51.2 Å². The molecule has 236 valence electrons. The van der Waals surface area contributed by atoms with Crippen LogP contribution in [-0.2, 0) is 0 Å². The number of hydrogen-bond acceptors (Lipinski definition) is 4. The van der Waals surface area contributed by atoms with Crippen molar-refractivity contribution in [2.24, 2.45) is 0 Å². The predicted molar refractivity (Wildman–Crippen MR) is 209 cm³/mol. The van der Waals surface area contributed by atoms with Gasteiger partial charge in [0.15, 0.2) is 17.5 Å². The van der Waals surface area contributed by atoms with Crippen LogP contribution in [0.15, 0.2) is 156 Å². The summed E-state index contributed by atoms with van der Waals surface area (Å²) in [5, 5.41) is 1.54. The molecule has 0 fully saturated rings. The van der Waals surface area contributed by atoms with Crippen molar-refractivity contribution in [1.82, 2.24) is 15.0 Å². The lowest BCUT2D eigenvalue weighted by molar-refractivity contribution is 0.670. The summed E-state index contributed by atoms with van der Waals surface area (Å²) in [6, 6.07) is 25.1. The predicted octanol–water partition coefficient (Wildman–Crippen LogP) is 10.4. The lowest BCUT2D eigenvalue weighted by Crippen LogP contribution is -2.49. The summed E-state index contributed by atoms with van der Waals surface area (Å²) in [6.07, 6.45) is 0. The largest absolute Gasteiger partial charge is 0.455 e. The van der Waals surface area contributed by atoms with Gasteiger partial charge in [0, 0.05) is 33.0 Å². The van der Waals surface area contributed by atoms with Crippen molar-refractivity contribution in [3.63, 3.8) is 0 Å². The van der Waals surface area contributed by atoms with Gasteiger partial charge in [0.25, 0.3) is 0 Å². The molecular formula is C45H31N3OSi. The fourth-order valence-corrected chi connectivity index (χ4v) is 10.0. The SMILES string of the molecule is [2H]c1c([2H])c([2H])c2c(oc3c4c(cc(-c5nc(-c6ccccc6)nc(-c6cccc(-c7ccccc7)c6)n5)c32)[Si](C)(C)c2c([2H])c([2H])c3c([2H])c([2H])c([2H])c([2H])c3c2-4)c1[2H].